The second kappa shape index (κ2) is 5.21. The number of benzene rings is 1. The number of hydrogen-bond acceptors (Lipinski definition) is 2. The molecular weight excluding hydrogens is 313 g/mol. The molecule has 5 heteroatoms. The zero-order valence-electron chi connectivity index (χ0n) is 8.21. The molecular formula is C11H8BrCl2NO. The Morgan fingerprint density at radius 3 is 2.94 bits per heavy atom. The van der Waals surface area contributed by atoms with Crippen molar-refractivity contribution in [2.75, 3.05) is 5.88 Å². The van der Waals surface area contributed by atoms with E-state index in [-0.39, 0.29) is 0 Å². The summed E-state index contributed by atoms with van der Waals surface area (Å²) in [5.41, 5.74) is 0.890. The first-order valence-corrected chi connectivity index (χ1v) is 6.37. The van der Waals surface area contributed by atoms with Crippen LogP contribution in [0.25, 0.3) is 11.3 Å². The van der Waals surface area contributed by atoms with E-state index >= 15 is 0 Å². The summed E-state index contributed by atoms with van der Waals surface area (Å²) in [6.07, 6.45) is 2.30. The van der Waals surface area contributed by atoms with E-state index in [0.717, 1.165) is 10.0 Å². The molecule has 2 rings (SSSR count). The smallest absolute Gasteiger partial charge is 0.196 e. The monoisotopic (exact) mass is 319 g/mol. The number of alkyl halides is 1. The molecule has 0 amide bonds. The zero-order valence-corrected chi connectivity index (χ0v) is 11.3. The van der Waals surface area contributed by atoms with Gasteiger partial charge in [0, 0.05) is 27.4 Å². The van der Waals surface area contributed by atoms with Crippen LogP contribution in [-0.2, 0) is 6.42 Å². The first-order valence-electron chi connectivity index (χ1n) is 4.67. The largest absolute Gasteiger partial charge is 0.441 e. The van der Waals surface area contributed by atoms with Crippen LogP contribution in [-0.4, -0.2) is 10.9 Å². The lowest BCUT2D eigenvalue weighted by atomic mass is 10.2. The van der Waals surface area contributed by atoms with Crippen LogP contribution in [0.3, 0.4) is 0 Å². The minimum atomic E-state index is 0.497. The van der Waals surface area contributed by atoms with Crippen molar-refractivity contribution in [3.8, 4) is 11.3 Å². The molecule has 0 aliphatic heterocycles. The predicted octanol–water partition coefficient (Wildman–Crippen LogP) is 4.54. The van der Waals surface area contributed by atoms with Crippen molar-refractivity contribution >= 4 is 39.1 Å². The normalized spacial score (nSPS) is 10.7. The summed E-state index contributed by atoms with van der Waals surface area (Å²) in [5, 5.41) is 0.661. The third kappa shape index (κ3) is 2.59. The molecule has 0 bridgehead atoms. The summed E-state index contributed by atoms with van der Waals surface area (Å²) in [6, 6.07) is 5.52. The molecule has 0 radical (unpaired) electrons. The Bertz CT molecular complexity index is 498. The topological polar surface area (TPSA) is 26.0 Å². The van der Waals surface area contributed by atoms with Gasteiger partial charge in [-0.1, -0.05) is 27.5 Å². The molecule has 1 heterocycles. The van der Waals surface area contributed by atoms with Crippen LogP contribution in [0, 0.1) is 0 Å². The van der Waals surface area contributed by atoms with Gasteiger partial charge in [-0.25, -0.2) is 4.98 Å². The second-order valence-corrected chi connectivity index (χ2v) is 4.85. The van der Waals surface area contributed by atoms with E-state index in [2.05, 4.69) is 20.9 Å². The van der Waals surface area contributed by atoms with E-state index in [1.165, 1.54) is 0 Å². The van der Waals surface area contributed by atoms with E-state index in [9.17, 15) is 0 Å². The molecule has 84 valence electrons. The highest BCUT2D eigenvalue weighted by Crippen LogP contribution is 2.31. The second-order valence-electron chi connectivity index (χ2n) is 3.18. The van der Waals surface area contributed by atoms with Crippen LogP contribution in [0.1, 0.15) is 5.89 Å². The quantitative estimate of drug-likeness (QED) is 0.776. The van der Waals surface area contributed by atoms with Crippen molar-refractivity contribution < 1.29 is 4.42 Å². The highest BCUT2D eigenvalue weighted by Gasteiger charge is 2.09. The maximum Gasteiger partial charge on any atom is 0.196 e. The van der Waals surface area contributed by atoms with Gasteiger partial charge in [-0.15, -0.1) is 11.6 Å². The van der Waals surface area contributed by atoms with Gasteiger partial charge in [0.1, 0.15) is 0 Å². The van der Waals surface area contributed by atoms with Crippen molar-refractivity contribution in [2.24, 2.45) is 0 Å². The van der Waals surface area contributed by atoms with E-state index < -0.39 is 0 Å². The minimum Gasteiger partial charge on any atom is -0.441 e. The molecule has 0 spiro atoms. The Morgan fingerprint density at radius 1 is 1.38 bits per heavy atom. The van der Waals surface area contributed by atoms with Crippen molar-refractivity contribution in [3.63, 3.8) is 0 Å². The fourth-order valence-electron chi connectivity index (χ4n) is 1.32. The lowest BCUT2D eigenvalue weighted by Gasteiger charge is -2.00. The predicted molar refractivity (Wildman–Crippen MR) is 69.1 cm³/mol. The van der Waals surface area contributed by atoms with E-state index in [4.69, 9.17) is 27.6 Å². The van der Waals surface area contributed by atoms with E-state index in [1.54, 1.807) is 6.20 Å². The van der Waals surface area contributed by atoms with Crippen molar-refractivity contribution in [1.29, 1.82) is 0 Å². The lowest BCUT2D eigenvalue weighted by Crippen LogP contribution is -1.83. The van der Waals surface area contributed by atoms with Gasteiger partial charge in [-0.05, 0) is 18.2 Å². The van der Waals surface area contributed by atoms with E-state index in [0.29, 0.717) is 29.0 Å². The SMILES string of the molecule is ClCCc1ncc(-c2cc(Cl)ccc2Br)o1. The number of halogens is 3. The molecule has 1 aromatic carbocycles. The Morgan fingerprint density at radius 2 is 2.19 bits per heavy atom. The summed E-state index contributed by atoms with van der Waals surface area (Å²) in [4.78, 5) is 4.14. The van der Waals surface area contributed by atoms with Crippen LogP contribution in [0.5, 0.6) is 0 Å². The zero-order chi connectivity index (χ0) is 11.5. The Kier molecular flexibility index (Phi) is 3.90. The van der Waals surface area contributed by atoms with Crippen LogP contribution in [0.2, 0.25) is 5.02 Å². The van der Waals surface area contributed by atoms with Gasteiger partial charge in [0.05, 0.1) is 6.20 Å². The molecule has 16 heavy (non-hydrogen) atoms. The van der Waals surface area contributed by atoms with E-state index in [1.807, 2.05) is 18.2 Å². The van der Waals surface area contributed by atoms with Gasteiger partial charge in [0.15, 0.2) is 11.7 Å². The number of oxazole rings is 1. The lowest BCUT2D eigenvalue weighted by molar-refractivity contribution is 0.514. The Labute approximate surface area is 112 Å². The summed E-state index contributed by atoms with van der Waals surface area (Å²) in [7, 11) is 0. The molecule has 2 nitrogen and oxygen atoms in total. The van der Waals surface area contributed by atoms with Crippen molar-refractivity contribution in [2.45, 2.75) is 6.42 Å². The first kappa shape index (κ1) is 12.0. The average Bonchev–Trinajstić information content (AvgIpc) is 2.71. The van der Waals surface area contributed by atoms with Crippen molar-refractivity contribution in [3.05, 3.63) is 39.8 Å². The maximum absolute atomic E-state index is 5.93. The minimum absolute atomic E-state index is 0.497. The van der Waals surface area contributed by atoms with Gasteiger partial charge < -0.3 is 4.42 Å². The molecule has 0 saturated heterocycles. The molecule has 0 N–H and O–H groups in total. The average molecular weight is 321 g/mol. The Balaban J connectivity index is 2.38. The van der Waals surface area contributed by atoms with Crippen LogP contribution in [0.15, 0.2) is 33.3 Å². The fourth-order valence-corrected chi connectivity index (χ4v) is 2.09. The molecule has 0 fully saturated rings. The molecule has 0 saturated carbocycles. The highest BCUT2D eigenvalue weighted by atomic mass is 79.9. The summed E-state index contributed by atoms with van der Waals surface area (Å²) < 4.78 is 6.48. The summed E-state index contributed by atoms with van der Waals surface area (Å²) in [6.45, 7) is 0. The fraction of sp³-hybridized carbons (Fsp3) is 0.182. The molecule has 1 aromatic heterocycles. The maximum atomic E-state index is 5.93. The van der Waals surface area contributed by atoms with Crippen LogP contribution >= 0.6 is 39.1 Å². The van der Waals surface area contributed by atoms with Gasteiger partial charge in [0.2, 0.25) is 0 Å². The number of rotatable bonds is 3. The molecule has 0 atom stereocenters. The van der Waals surface area contributed by atoms with Crippen LogP contribution < -0.4 is 0 Å². The van der Waals surface area contributed by atoms with Gasteiger partial charge in [-0.3, -0.25) is 0 Å². The number of aromatic nitrogens is 1. The first-order chi connectivity index (χ1) is 7.70. The molecule has 0 aliphatic rings. The molecule has 0 unspecified atom stereocenters. The van der Waals surface area contributed by atoms with Gasteiger partial charge >= 0.3 is 0 Å². The summed E-state index contributed by atoms with van der Waals surface area (Å²) >= 11 is 15.0. The van der Waals surface area contributed by atoms with Gasteiger partial charge in [-0.2, -0.15) is 0 Å². The highest BCUT2D eigenvalue weighted by molar-refractivity contribution is 9.10. The van der Waals surface area contributed by atoms with Crippen LogP contribution in [0.4, 0.5) is 0 Å². The van der Waals surface area contributed by atoms with Crippen molar-refractivity contribution in [1.82, 2.24) is 4.98 Å². The molecule has 2 aromatic rings. The third-order valence-electron chi connectivity index (χ3n) is 2.06. The van der Waals surface area contributed by atoms with Gasteiger partial charge in [0.25, 0.3) is 0 Å². The Hall–Kier alpha value is -0.510. The number of aryl methyl sites for hydroxylation is 1. The summed E-state index contributed by atoms with van der Waals surface area (Å²) in [5.74, 6) is 1.82. The third-order valence-corrected chi connectivity index (χ3v) is 3.17. The molecule has 0 aliphatic carbocycles. The standard InChI is InChI=1S/C11H8BrCl2NO/c12-9-2-1-7(14)5-8(9)10-6-15-11(16-10)3-4-13/h1-2,5-6H,3-4H2. The number of hydrogen-bond donors (Lipinski definition) is 0. The number of nitrogens with zero attached hydrogens (tertiary/aromatic N) is 1.